The van der Waals surface area contributed by atoms with Crippen LogP contribution in [0.4, 0.5) is 18.9 Å². The van der Waals surface area contributed by atoms with Crippen LogP contribution in [0.5, 0.6) is 5.75 Å². The van der Waals surface area contributed by atoms with Crippen LogP contribution < -0.4 is 5.32 Å². The van der Waals surface area contributed by atoms with Crippen molar-refractivity contribution in [2.24, 2.45) is 0 Å². The van der Waals surface area contributed by atoms with Crippen LogP contribution in [0.3, 0.4) is 0 Å². The van der Waals surface area contributed by atoms with Gasteiger partial charge in [-0.25, -0.2) is 8.42 Å². The lowest BCUT2D eigenvalue weighted by molar-refractivity contribution is -0.0436. The summed E-state index contributed by atoms with van der Waals surface area (Å²) in [5.41, 5.74) is -6.19. The monoisotopic (exact) mass is 377 g/mol. The Morgan fingerprint density at radius 1 is 1.28 bits per heavy atom. The van der Waals surface area contributed by atoms with Crippen LogP contribution in [0.25, 0.3) is 0 Å². The Balaban J connectivity index is 2.40. The number of anilines is 1. The lowest BCUT2D eigenvalue weighted by atomic mass is 10.2. The number of aryl methyl sites for hydroxylation is 1. The van der Waals surface area contributed by atoms with Crippen LogP contribution in [0.15, 0.2) is 33.6 Å². The van der Waals surface area contributed by atoms with E-state index in [0.29, 0.717) is 24.5 Å². The number of hydrogen-bond acceptors (Lipinski definition) is 6. The van der Waals surface area contributed by atoms with Gasteiger partial charge in [0.1, 0.15) is 11.5 Å². The molecule has 2 N–H and O–H groups in total. The molecule has 0 atom stereocenters. The molecule has 1 aromatic carbocycles. The second-order valence-electron chi connectivity index (χ2n) is 4.82. The normalized spacial score (nSPS) is 12.0. The molecule has 0 radical (unpaired) electrons. The van der Waals surface area contributed by atoms with Crippen molar-refractivity contribution in [2.45, 2.75) is 17.3 Å². The van der Waals surface area contributed by atoms with Crippen LogP contribution in [0.1, 0.15) is 26.7 Å². The number of carbonyl (C=O) groups is 2. The highest BCUT2D eigenvalue weighted by atomic mass is 32.2. The maximum absolute atomic E-state index is 12.6. The van der Waals surface area contributed by atoms with E-state index in [9.17, 15) is 36.3 Å². The molecule has 7 nitrogen and oxygen atoms in total. The fourth-order valence-electron chi connectivity index (χ4n) is 1.89. The minimum Gasteiger partial charge on any atom is -0.506 e. The van der Waals surface area contributed by atoms with Crippen molar-refractivity contribution in [3.8, 4) is 5.75 Å². The number of amides is 1. The second-order valence-corrected chi connectivity index (χ2v) is 6.76. The molecule has 2 rings (SSSR count). The van der Waals surface area contributed by atoms with E-state index in [1.54, 1.807) is 0 Å². The smallest absolute Gasteiger partial charge is 0.501 e. The molecule has 0 spiro atoms. The Hall–Kier alpha value is -2.82. The third-order valence-corrected chi connectivity index (χ3v) is 4.61. The van der Waals surface area contributed by atoms with Gasteiger partial charge in [0.05, 0.1) is 16.1 Å². The molecule has 0 saturated carbocycles. The first-order valence-corrected chi connectivity index (χ1v) is 7.97. The summed E-state index contributed by atoms with van der Waals surface area (Å²) in [5.74, 6) is -1.66. The van der Waals surface area contributed by atoms with Crippen LogP contribution in [-0.4, -0.2) is 31.2 Å². The molecule has 0 aliphatic heterocycles. The maximum atomic E-state index is 12.6. The standard InChI is InChI=1S/C14H10F3NO6S/c1-7-10(4-8(6-19)24-7)13(21)18-11-5-9(2-3-12(11)20)25(22,23)14(15,16)17/h2-6,20H,1H3,(H,18,21). The number of aldehydes is 1. The molecular formula is C14H10F3NO6S. The molecule has 0 fully saturated rings. The first-order chi connectivity index (χ1) is 11.5. The molecule has 0 bridgehead atoms. The number of sulfone groups is 1. The van der Waals surface area contributed by atoms with E-state index in [4.69, 9.17) is 4.42 Å². The predicted octanol–water partition coefficient (Wildman–Crippen LogP) is 2.65. The molecule has 25 heavy (non-hydrogen) atoms. The van der Waals surface area contributed by atoms with Crippen molar-refractivity contribution in [1.29, 1.82) is 0 Å². The number of carbonyl (C=O) groups excluding carboxylic acids is 2. The Bertz CT molecular complexity index is 946. The molecule has 1 heterocycles. The average molecular weight is 377 g/mol. The zero-order valence-corrected chi connectivity index (χ0v) is 13.2. The summed E-state index contributed by atoms with van der Waals surface area (Å²) < 4.78 is 65.5. The Morgan fingerprint density at radius 3 is 2.44 bits per heavy atom. The summed E-state index contributed by atoms with van der Waals surface area (Å²) in [4.78, 5) is 21.6. The van der Waals surface area contributed by atoms with Crippen LogP contribution in [-0.2, 0) is 9.84 Å². The quantitative estimate of drug-likeness (QED) is 0.626. The number of hydrogen-bond donors (Lipinski definition) is 2. The summed E-state index contributed by atoms with van der Waals surface area (Å²) in [6.45, 7) is 1.37. The van der Waals surface area contributed by atoms with Crippen LogP contribution in [0.2, 0.25) is 0 Å². The van der Waals surface area contributed by atoms with Gasteiger partial charge < -0.3 is 14.8 Å². The molecule has 11 heteroatoms. The first-order valence-electron chi connectivity index (χ1n) is 6.48. The number of benzene rings is 1. The zero-order valence-electron chi connectivity index (χ0n) is 12.4. The predicted molar refractivity (Wildman–Crippen MR) is 78.1 cm³/mol. The van der Waals surface area contributed by atoms with Gasteiger partial charge >= 0.3 is 5.51 Å². The second kappa shape index (κ2) is 6.24. The summed E-state index contributed by atoms with van der Waals surface area (Å²) in [5, 5.41) is 11.7. The SMILES string of the molecule is Cc1oc(C=O)cc1C(=O)Nc1cc(S(=O)(=O)C(F)(F)F)ccc1O. The van der Waals surface area contributed by atoms with E-state index < -0.39 is 37.6 Å². The van der Waals surface area contributed by atoms with Crippen molar-refractivity contribution in [2.75, 3.05) is 5.32 Å². The van der Waals surface area contributed by atoms with Gasteiger partial charge in [-0.15, -0.1) is 0 Å². The zero-order chi connectivity index (χ0) is 19.0. The molecule has 2 aromatic rings. The summed E-state index contributed by atoms with van der Waals surface area (Å²) in [7, 11) is -5.65. The highest BCUT2D eigenvalue weighted by Gasteiger charge is 2.47. The summed E-state index contributed by atoms with van der Waals surface area (Å²) >= 11 is 0. The molecule has 1 amide bonds. The number of rotatable bonds is 4. The van der Waals surface area contributed by atoms with Gasteiger partial charge in [0.15, 0.2) is 12.0 Å². The van der Waals surface area contributed by atoms with E-state index in [1.807, 2.05) is 0 Å². The minimum atomic E-state index is -5.65. The number of nitrogens with one attached hydrogen (secondary N) is 1. The first kappa shape index (κ1) is 18.5. The topological polar surface area (TPSA) is 114 Å². The molecule has 134 valence electrons. The number of phenolic OH excluding ortho intramolecular Hbond substituents is 1. The van der Waals surface area contributed by atoms with Crippen LogP contribution >= 0.6 is 0 Å². The molecule has 0 aliphatic carbocycles. The van der Waals surface area contributed by atoms with Crippen molar-refractivity contribution in [1.82, 2.24) is 0 Å². The van der Waals surface area contributed by atoms with Gasteiger partial charge in [-0.1, -0.05) is 0 Å². The molecular weight excluding hydrogens is 367 g/mol. The lowest BCUT2D eigenvalue weighted by Crippen LogP contribution is -2.23. The van der Waals surface area contributed by atoms with Gasteiger partial charge in [0.2, 0.25) is 0 Å². The van der Waals surface area contributed by atoms with Gasteiger partial charge in [0, 0.05) is 6.07 Å². The van der Waals surface area contributed by atoms with Crippen molar-refractivity contribution in [3.63, 3.8) is 0 Å². The van der Waals surface area contributed by atoms with Crippen molar-refractivity contribution < 1.29 is 40.7 Å². The fraction of sp³-hybridized carbons (Fsp3) is 0.143. The van der Waals surface area contributed by atoms with E-state index in [1.165, 1.54) is 6.92 Å². The van der Waals surface area contributed by atoms with E-state index >= 15 is 0 Å². The lowest BCUT2D eigenvalue weighted by Gasteiger charge is -2.11. The van der Waals surface area contributed by atoms with Crippen LogP contribution in [0, 0.1) is 6.92 Å². The molecule has 1 aromatic heterocycles. The Morgan fingerprint density at radius 2 is 1.92 bits per heavy atom. The third kappa shape index (κ3) is 3.50. The highest BCUT2D eigenvalue weighted by molar-refractivity contribution is 7.92. The summed E-state index contributed by atoms with van der Waals surface area (Å²) in [6, 6.07) is 2.83. The van der Waals surface area contributed by atoms with Gasteiger partial charge in [-0.2, -0.15) is 13.2 Å². The maximum Gasteiger partial charge on any atom is 0.501 e. The number of aromatic hydroxyl groups is 1. The van der Waals surface area contributed by atoms with Crippen molar-refractivity contribution in [3.05, 3.63) is 41.3 Å². The number of halogens is 3. The number of phenols is 1. The molecule has 0 aliphatic rings. The van der Waals surface area contributed by atoms with E-state index in [0.717, 1.165) is 6.07 Å². The van der Waals surface area contributed by atoms with Gasteiger partial charge in [-0.3, -0.25) is 9.59 Å². The molecule has 0 saturated heterocycles. The fourth-order valence-corrected chi connectivity index (χ4v) is 2.68. The summed E-state index contributed by atoms with van der Waals surface area (Å²) in [6.07, 6.45) is 0.345. The number of alkyl halides is 3. The van der Waals surface area contributed by atoms with Gasteiger partial charge in [0.25, 0.3) is 15.7 Å². The third-order valence-electron chi connectivity index (χ3n) is 3.13. The Kier molecular flexibility index (Phi) is 4.62. The Labute approximate surface area is 139 Å². The number of furan rings is 1. The average Bonchev–Trinajstić information content (AvgIpc) is 2.89. The largest absolute Gasteiger partial charge is 0.506 e. The highest BCUT2D eigenvalue weighted by Crippen LogP contribution is 2.34. The van der Waals surface area contributed by atoms with E-state index in [2.05, 4.69) is 5.32 Å². The minimum absolute atomic E-state index is 0.0538. The molecule has 0 unspecified atom stereocenters. The van der Waals surface area contributed by atoms with Gasteiger partial charge in [-0.05, 0) is 25.1 Å². The van der Waals surface area contributed by atoms with E-state index in [-0.39, 0.29) is 17.1 Å². The van der Waals surface area contributed by atoms with Crippen molar-refractivity contribution >= 4 is 27.7 Å².